The largest absolute Gasteiger partial charge is 0.396 e. The molecule has 5 heteroatoms. The normalized spacial score (nSPS) is 25.0. The van der Waals surface area contributed by atoms with Crippen molar-refractivity contribution in [2.45, 2.75) is 32.7 Å². The molecule has 0 aromatic carbocycles. The average molecular weight is 236 g/mol. The fraction of sp³-hybridized carbons (Fsp3) is 0.667. The molecular formula is C12H20N4O. The standard InChI is InChI=1S/C12H20N4O/c1-8-4-5-9(2)16(7-8)12(17)11-10(13)6-14-15(11)3/h6,8-9H,4-5,7,13H2,1-3H3. The van der Waals surface area contributed by atoms with Gasteiger partial charge in [0.2, 0.25) is 0 Å². The third-order valence-electron chi connectivity index (χ3n) is 3.55. The number of nitrogen functional groups attached to an aromatic ring is 1. The molecule has 1 saturated heterocycles. The molecule has 2 heterocycles. The van der Waals surface area contributed by atoms with Gasteiger partial charge in [0, 0.05) is 19.6 Å². The molecule has 0 aliphatic carbocycles. The summed E-state index contributed by atoms with van der Waals surface area (Å²) >= 11 is 0. The van der Waals surface area contributed by atoms with E-state index in [1.54, 1.807) is 11.7 Å². The molecule has 5 nitrogen and oxygen atoms in total. The van der Waals surface area contributed by atoms with Crippen LogP contribution in [0, 0.1) is 5.92 Å². The average Bonchev–Trinajstić information content (AvgIpc) is 2.61. The van der Waals surface area contributed by atoms with Gasteiger partial charge in [-0.15, -0.1) is 0 Å². The zero-order chi connectivity index (χ0) is 12.6. The zero-order valence-electron chi connectivity index (χ0n) is 10.7. The Kier molecular flexibility index (Phi) is 3.09. The quantitative estimate of drug-likeness (QED) is 0.798. The van der Waals surface area contributed by atoms with E-state index in [2.05, 4.69) is 18.9 Å². The molecule has 1 fully saturated rings. The third kappa shape index (κ3) is 2.14. The van der Waals surface area contributed by atoms with E-state index in [0.717, 1.165) is 13.0 Å². The van der Waals surface area contributed by atoms with E-state index in [1.165, 1.54) is 12.6 Å². The molecule has 1 aliphatic rings. The van der Waals surface area contributed by atoms with Crippen LogP contribution in [0.2, 0.25) is 0 Å². The van der Waals surface area contributed by atoms with Crippen molar-refractivity contribution in [3.8, 4) is 0 Å². The van der Waals surface area contributed by atoms with Gasteiger partial charge in [-0.05, 0) is 25.7 Å². The Hall–Kier alpha value is -1.52. The monoisotopic (exact) mass is 236 g/mol. The topological polar surface area (TPSA) is 64.2 Å². The van der Waals surface area contributed by atoms with Crippen LogP contribution in [0.5, 0.6) is 0 Å². The highest BCUT2D eigenvalue weighted by atomic mass is 16.2. The summed E-state index contributed by atoms with van der Waals surface area (Å²) < 4.78 is 1.56. The van der Waals surface area contributed by atoms with E-state index < -0.39 is 0 Å². The van der Waals surface area contributed by atoms with E-state index in [-0.39, 0.29) is 11.9 Å². The van der Waals surface area contributed by atoms with Gasteiger partial charge >= 0.3 is 0 Å². The first-order valence-electron chi connectivity index (χ1n) is 6.09. The van der Waals surface area contributed by atoms with Crippen molar-refractivity contribution in [1.29, 1.82) is 0 Å². The highest BCUT2D eigenvalue weighted by Gasteiger charge is 2.30. The second kappa shape index (κ2) is 4.39. The summed E-state index contributed by atoms with van der Waals surface area (Å²) in [6.45, 7) is 5.08. The van der Waals surface area contributed by atoms with Crippen molar-refractivity contribution in [2.24, 2.45) is 13.0 Å². The number of anilines is 1. The summed E-state index contributed by atoms with van der Waals surface area (Å²) in [7, 11) is 1.75. The van der Waals surface area contributed by atoms with Crippen LogP contribution in [0.4, 0.5) is 5.69 Å². The van der Waals surface area contributed by atoms with Crippen molar-refractivity contribution in [2.75, 3.05) is 12.3 Å². The summed E-state index contributed by atoms with van der Waals surface area (Å²) in [6, 6.07) is 0.285. The molecule has 0 bridgehead atoms. The maximum Gasteiger partial charge on any atom is 0.274 e. The minimum Gasteiger partial charge on any atom is -0.396 e. The lowest BCUT2D eigenvalue weighted by Gasteiger charge is -2.36. The second-order valence-corrected chi connectivity index (χ2v) is 5.06. The minimum absolute atomic E-state index is 0.00144. The van der Waals surface area contributed by atoms with Gasteiger partial charge in [0.15, 0.2) is 0 Å². The predicted molar refractivity (Wildman–Crippen MR) is 66.5 cm³/mol. The van der Waals surface area contributed by atoms with Gasteiger partial charge in [-0.1, -0.05) is 6.92 Å². The van der Waals surface area contributed by atoms with Crippen molar-refractivity contribution >= 4 is 11.6 Å². The molecule has 94 valence electrons. The lowest BCUT2D eigenvalue weighted by atomic mass is 9.95. The van der Waals surface area contributed by atoms with E-state index in [0.29, 0.717) is 17.3 Å². The lowest BCUT2D eigenvalue weighted by Crippen LogP contribution is -2.45. The fourth-order valence-corrected chi connectivity index (χ4v) is 2.42. The van der Waals surface area contributed by atoms with Crippen LogP contribution in [0.3, 0.4) is 0 Å². The van der Waals surface area contributed by atoms with E-state index in [4.69, 9.17) is 5.73 Å². The molecule has 1 amide bonds. The molecular weight excluding hydrogens is 216 g/mol. The van der Waals surface area contributed by atoms with Crippen LogP contribution in [0.25, 0.3) is 0 Å². The van der Waals surface area contributed by atoms with Gasteiger partial charge in [0.25, 0.3) is 5.91 Å². The highest BCUT2D eigenvalue weighted by molar-refractivity contribution is 5.97. The molecule has 17 heavy (non-hydrogen) atoms. The summed E-state index contributed by atoms with van der Waals surface area (Å²) in [6.07, 6.45) is 3.78. The predicted octanol–water partition coefficient (Wildman–Crippen LogP) is 1.26. The second-order valence-electron chi connectivity index (χ2n) is 5.06. The highest BCUT2D eigenvalue weighted by Crippen LogP contribution is 2.24. The minimum atomic E-state index is 0.00144. The molecule has 2 unspecified atom stereocenters. The fourth-order valence-electron chi connectivity index (χ4n) is 2.42. The molecule has 0 saturated carbocycles. The lowest BCUT2D eigenvalue weighted by molar-refractivity contribution is 0.0564. The molecule has 1 aliphatic heterocycles. The van der Waals surface area contributed by atoms with E-state index in [1.807, 2.05) is 4.90 Å². The SMILES string of the molecule is CC1CCC(C)N(C(=O)c2c(N)cnn2C)C1. The molecule has 2 rings (SSSR count). The molecule has 1 aromatic heterocycles. The number of likely N-dealkylation sites (tertiary alicyclic amines) is 1. The third-order valence-corrected chi connectivity index (χ3v) is 3.55. The van der Waals surface area contributed by atoms with Gasteiger partial charge in [-0.3, -0.25) is 9.48 Å². The number of amides is 1. The maximum atomic E-state index is 12.4. The summed E-state index contributed by atoms with van der Waals surface area (Å²) in [4.78, 5) is 14.4. The summed E-state index contributed by atoms with van der Waals surface area (Å²) in [5.74, 6) is 0.561. The number of carbonyl (C=O) groups is 1. The van der Waals surface area contributed by atoms with Crippen molar-refractivity contribution in [1.82, 2.24) is 14.7 Å². The number of carbonyl (C=O) groups excluding carboxylic acids is 1. The Labute approximate surface area is 102 Å². The van der Waals surface area contributed by atoms with Crippen LogP contribution < -0.4 is 5.73 Å². The van der Waals surface area contributed by atoms with Gasteiger partial charge in [0.1, 0.15) is 5.69 Å². The van der Waals surface area contributed by atoms with Gasteiger partial charge in [0.05, 0.1) is 11.9 Å². The Balaban J connectivity index is 2.25. The number of rotatable bonds is 1. The first-order chi connectivity index (χ1) is 8.00. The van der Waals surface area contributed by atoms with Gasteiger partial charge in [-0.25, -0.2) is 0 Å². The van der Waals surface area contributed by atoms with Crippen molar-refractivity contribution in [3.63, 3.8) is 0 Å². The number of hydrogen-bond acceptors (Lipinski definition) is 3. The van der Waals surface area contributed by atoms with Gasteiger partial charge < -0.3 is 10.6 Å². The zero-order valence-corrected chi connectivity index (χ0v) is 10.7. The Bertz CT molecular complexity index is 407. The van der Waals surface area contributed by atoms with Crippen LogP contribution in [-0.4, -0.2) is 33.2 Å². The molecule has 2 atom stereocenters. The number of nitrogens with zero attached hydrogens (tertiary/aromatic N) is 3. The molecule has 2 N–H and O–H groups in total. The number of aromatic nitrogens is 2. The molecule has 0 radical (unpaired) electrons. The first kappa shape index (κ1) is 12.0. The number of aryl methyl sites for hydroxylation is 1. The van der Waals surface area contributed by atoms with Crippen molar-refractivity contribution in [3.05, 3.63) is 11.9 Å². The van der Waals surface area contributed by atoms with Gasteiger partial charge in [-0.2, -0.15) is 5.10 Å². The Morgan fingerprint density at radius 2 is 2.18 bits per heavy atom. The molecule has 1 aromatic rings. The smallest absolute Gasteiger partial charge is 0.274 e. The first-order valence-corrected chi connectivity index (χ1v) is 6.09. The Morgan fingerprint density at radius 3 is 2.76 bits per heavy atom. The Morgan fingerprint density at radius 1 is 1.47 bits per heavy atom. The van der Waals surface area contributed by atoms with Crippen LogP contribution >= 0.6 is 0 Å². The van der Waals surface area contributed by atoms with Crippen LogP contribution in [-0.2, 0) is 7.05 Å². The molecule has 0 spiro atoms. The number of piperidine rings is 1. The van der Waals surface area contributed by atoms with Crippen molar-refractivity contribution < 1.29 is 4.79 Å². The van der Waals surface area contributed by atoms with E-state index in [9.17, 15) is 4.79 Å². The van der Waals surface area contributed by atoms with Crippen LogP contribution in [0.1, 0.15) is 37.2 Å². The van der Waals surface area contributed by atoms with Crippen LogP contribution in [0.15, 0.2) is 6.20 Å². The summed E-state index contributed by atoms with van der Waals surface area (Å²) in [5, 5.41) is 4.02. The maximum absolute atomic E-state index is 12.4. The summed E-state index contributed by atoms with van der Waals surface area (Å²) in [5.41, 5.74) is 6.76. The number of hydrogen-bond donors (Lipinski definition) is 1. The number of nitrogens with two attached hydrogens (primary N) is 1. The van der Waals surface area contributed by atoms with E-state index >= 15 is 0 Å².